The van der Waals surface area contributed by atoms with Gasteiger partial charge < -0.3 is 10.5 Å². The Bertz CT molecular complexity index is 455. The van der Waals surface area contributed by atoms with E-state index in [-0.39, 0.29) is 12.3 Å². The molecule has 0 amide bonds. The van der Waals surface area contributed by atoms with Crippen LogP contribution < -0.4 is 10.5 Å². The normalized spacial score (nSPS) is 11.7. The molecule has 1 heterocycles. The quantitative estimate of drug-likeness (QED) is 0.655. The summed E-state index contributed by atoms with van der Waals surface area (Å²) in [5.74, 6) is 0.300. The number of anilines is 1. The summed E-state index contributed by atoms with van der Waals surface area (Å²) in [7, 11) is -0.144. The van der Waals surface area contributed by atoms with E-state index < -0.39 is 10.0 Å². The molecule has 0 radical (unpaired) electrons. The molecule has 0 bridgehead atoms. The van der Waals surface area contributed by atoms with Crippen molar-refractivity contribution in [2.24, 2.45) is 12.8 Å². The third-order valence-corrected chi connectivity index (χ3v) is 3.47. The van der Waals surface area contributed by atoms with Gasteiger partial charge >= 0.3 is 0 Å². The van der Waals surface area contributed by atoms with E-state index >= 15 is 0 Å². The maximum Gasteiger partial charge on any atom is 0.234 e. The van der Waals surface area contributed by atoms with Gasteiger partial charge in [0, 0.05) is 39.1 Å². The summed E-state index contributed by atoms with van der Waals surface area (Å²) >= 11 is 0. The van der Waals surface area contributed by atoms with Gasteiger partial charge in [-0.15, -0.1) is 0 Å². The Kier molecular flexibility index (Phi) is 4.91. The van der Waals surface area contributed by atoms with Gasteiger partial charge in [-0.05, 0) is 6.42 Å². The maximum atomic E-state index is 11.7. The zero-order valence-corrected chi connectivity index (χ0v) is 10.8. The minimum Gasteiger partial charge on any atom is -0.385 e. The zero-order valence-electron chi connectivity index (χ0n) is 10.0. The molecule has 0 aliphatic rings. The van der Waals surface area contributed by atoms with E-state index in [4.69, 9.17) is 10.5 Å². The number of methoxy groups -OCH3 is 1. The minimum absolute atomic E-state index is 0.00141. The molecular weight excluding hydrogens is 244 g/mol. The summed E-state index contributed by atoms with van der Waals surface area (Å²) in [5.41, 5.74) is 6.17. The van der Waals surface area contributed by atoms with E-state index in [2.05, 4.69) is 9.82 Å². The van der Waals surface area contributed by atoms with Crippen LogP contribution in [0.4, 0.5) is 5.82 Å². The van der Waals surface area contributed by atoms with Crippen LogP contribution in [0.1, 0.15) is 12.0 Å². The molecule has 0 aromatic carbocycles. The number of hydrogen-bond donors (Lipinski definition) is 2. The SMILES string of the molecule is COCCCS(=O)(=O)Nc1nn(C)cc1CN. The largest absolute Gasteiger partial charge is 0.385 e. The number of nitrogens with zero attached hydrogens (tertiary/aromatic N) is 2. The van der Waals surface area contributed by atoms with Crippen molar-refractivity contribution in [3.05, 3.63) is 11.8 Å². The molecule has 8 heteroatoms. The summed E-state index contributed by atoms with van der Waals surface area (Å²) < 4.78 is 32.1. The lowest BCUT2D eigenvalue weighted by molar-refractivity contribution is 0.199. The van der Waals surface area contributed by atoms with Gasteiger partial charge in [-0.25, -0.2) is 8.42 Å². The van der Waals surface area contributed by atoms with Gasteiger partial charge in [-0.2, -0.15) is 5.10 Å². The number of aryl methyl sites for hydroxylation is 1. The molecule has 0 atom stereocenters. The van der Waals surface area contributed by atoms with Crippen LogP contribution in [0.25, 0.3) is 0 Å². The maximum absolute atomic E-state index is 11.7. The number of nitrogens with two attached hydrogens (primary N) is 1. The third-order valence-electron chi connectivity index (χ3n) is 2.14. The van der Waals surface area contributed by atoms with Gasteiger partial charge in [0.25, 0.3) is 0 Å². The van der Waals surface area contributed by atoms with Crippen molar-refractivity contribution < 1.29 is 13.2 Å². The fourth-order valence-electron chi connectivity index (χ4n) is 1.36. The second-order valence-electron chi connectivity index (χ2n) is 3.65. The molecule has 0 saturated carbocycles. The molecule has 1 aromatic rings. The molecule has 1 aromatic heterocycles. The van der Waals surface area contributed by atoms with Crippen molar-refractivity contribution in [1.29, 1.82) is 0 Å². The highest BCUT2D eigenvalue weighted by Gasteiger charge is 2.14. The van der Waals surface area contributed by atoms with Crippen molar-refractivity contribution in [2.45, 2.75) is 13.0 Å². The van der Waals surface area contributed by atoms with E-state index in [9.17, 15) is 8.42 Å². The van der Waals surface area contributed by atoms with Gasteiger partial charge in [-0.3, -0.25) is 9.40 Å². The van der Waals surface area contributed by atoms with Crippen LogP contribution in [0.2, 0.25) is 0 Å². The number of aromatic nitrogens is 2. The Morgan fingerprint density at radius 3 is 2.88 bits per heavy atom. The summed E-state index contributed by atoms with van der Waals surface area (Å²) in [6, 6.07) is 0. The van der Waals surface area contributed by atoms with Gasteiger partial charge in [-0.1, -0.05) is 0 Å². The second kappa shape index (κ2) is 5.99. The topological polar surface area (TPSA) is 99.2 Å². The molecular formula is C9H18N4O3S. The number of ether oxygens (including phenoxy) is 1. The Hall–Kier alpha value is -1.12. The highest BCUT2D eigenvalue weighted by Crippen LogP contribution is 2.13. The van der Waals surface area contributed by atoms with Crippen LogP contribution >= 0.6 is 0 Å². The fourth-order valence-corrected chi connectivity index (χ4v) is 2.43. The molecule has 0 saturated heterocycles. The van der Waals surface area contributed by atoms with Crippen molar-refractivity contribution in [3.8, 4) is 0 Å². The smallest absolute Gasteiger partial charge is 0.234 e. The van der Waals surface area contributed by atoms with E-state index in [0.717, 1.165) is 0 Å². The first-order valence-corrected chi connectivity index (χ1v) is 6.85. The highest BCUT2D eigenvalue weighted by molar-refractivity contribution is 7.92. The Balaban J connectivity index is 2.69. The monoisotopic (exact) mass is 262 g/mol. The predicted molar refractivity (Wildman–Crippen MR) is 65.0 cm³/mol. The predicted octanol–water partition coefficient (Wildman–Crippen LogP) is -0.343. The van der Waals surface area contributed by atoms with E-state index in [0.29, 0.717) is 24.4 Å². The summed E-state index contributed by atoms with van der Waals surface area (Å²) in [5, 5.41) is 4.01. The number of sulfonamides is 1. The van der Waals surface area contributed by atoms with Crippen molar-refractivity contribution in [3.63, 3.8) is 0 Å². The van der Waals surface area contributed by atoms with Crippen LogP contribution in [0, 0.1) is 0 Å². The van der Waals surface area contributed by atoms with Crippen molar-refractivity contribution in [2.75, 3.05) is 24.2 Å². The van der Waals surface area contributed by atoms with Crippen LogP contribution in [-0.4, -0.2) is 37.7 Å². The Labute approximate surface area is 101 Å². The first-order valence-electron chi connectivity index (χ1n) is 5.20. The van der Waals surface area contributed by atoms with Crippen LogP contribution in [0.5, 0.6) is 0 Å². The Morgan fingerprint density at radius 1 is 1.59 bits per heavy atom. The number of rotatable bonds is 7. The van der Waals surface area contributed by atoms with Gasteiger partial charge in [0.05, 0.1) is 5.75 Å². The lowest BCUT2D eigenvalue weighted by atomic mass is 10.3. The van der Waals surface area contributed by atoms with E-state index in [1.165, 1.54) is 11.8 Å². The summed E-state index contributed by atoms with van der Waals surface area (Å²) in [6.45, 7) is 0.649. The fraction of sp³-hybridized carbons (Fsp3) is 0.667. The molecule has 3 N–H and O–H groups in total. The molecule has 1 rings (SSSR count). The molecule has 7 nitrogen and oxygen atoms in total. The first kappa shape index (κ1) is 13.9. The number of nitrogens with one attached hydrogen (secondary N) is 1. The van der Waals surface area contributed by atoms with E-state index in [1.54, 1.807) is 13.2 Å². The minimum atomic E-state index is -3.39. The van der Waals surface area contributed by atoms with Gasteiger partial charge in [0.15, 0.2) is 5.82 Å². The molecule has 17 heavy (non-hydrogen) atoms. The highest BCUT2D eigenvalue weighted by atomic mass is 32.2. The second-order valence-corrected chi connectivity index (χ2v) is 5.49. The van der Waals surface area contributed by atoms with Gasteiger partial charge in [0.2, 0.25) is 10.0 Å². The molecule has 0 fully saturated rings. The molecule has 0 unspecified atom stereocenters. The average Bonchev–Trinajstić information content (AvgIpc) is 2.58. The van der Waals surface area contributed by atoms with E-state index in [1.807, 2.05) is 0 Å². The van der Waals surface area contributed by atoms with Crippen LogP contribution in [0.15, 0.2) is 6.20 Å². The van der Waals surface area contributed by atoms with Gasteiger partial charge in [0.1, 0.15) is 0 Å². The molecule has 0 spiro atoms. The molecule has 0 aliphatic carbocycles. The van der Waals surface area contributed by atoms with Crippen molar-refractivity contribution in [1.82, 2.24) is 9.78 Å². The van der Waals surface area contributed by atoms with Crippen LogP contribution in [-0.2, 0) is 28.4 Å². The summed E-state index contributed by atoms with van der Waals surface area (Å²) in [6.07, 6.45) is 2.13. The average molecular weight is 262 g/mol. The lowest BCUT2D eigenvalue weighted by Gasteiger charge is -2.06. The summed E-state index contributed by atoms with van der Waals surface area (Å²) in [4.78, 5) is 0. The lowest BCUT2D eigenvalue weighted by Crippen LogP contribution is -2.19. The Morgan fingerprint density at radius 2 is 2.29 bits per heavy atom. The van der Waals surface area contributed by atoms with Crippen LogP contribution in [0.3, 0.4) is 0 Å². The molecule has 98 valence electrons. The standard InChI is InChI=1S/C9H18N4O3S/c1-13-7-8(6-10)9(11-13)12-17(14,15)5-3-4-16-2/h7H,3-6,10H2,1-2H3,(H,11,12). The number of hydrogen-bond acceptors (Lipinski definition) is 5. The zero-order chi connectivity index (χ0) is 12.9. The van der Waals surface area contributed by atoms with Crippen molar-refractivity contribution >= 4 is 15.8 Å². The first-order chi connectivity index (χ1) is 7.98. The third kappa shape index (κ3) is 4.33. The molecule has 0 aliphatic heterocycles.